The first-order valence-corrected chi connectivity index (χ1v) is 6.00. The Hall–Kier alpha value is -1.81. The van der Waals surface area contributed by atoms with Gasteiger partial charge in [-0.05, 0) is 19.9 Å². The second-order valence-corrected chi connectivity index (χ2v) is 4.50. The van der Waals surface area contributed by atoms with E-state index in [2.05, 4.69) is 10.3 Å². The van der Waals surface area contributed by atoms with Crippen molar-refractivity contribution in [1.29, 1.82) is 0 Å². The lowest BCUT2D eigenvalue weighted by Crippen LogP contribution is -2.35. The number of benzene rings is 1. The van der Waals surface area contributed by atoms with Crippen LogP contribution in [0, 0.1) is 6.92 Å². The maximum Gasteiger partial charge on any atom is 0.254 e. The van der Waals surface area contributed by atoms with Gasteiger partial charge in [-0.1, -0.05) is 18.2 Å². The topological polar surface area (TPSA) is 54.1 Å². The number of methoxy groups -OCH3 is 1. The van der Waals surface area contributed by atoms with Crippen LogP contribution in [0.25, 0.3) is 10.9 Å². The molecule has 1 aromatic heterocycles. The average Bonchev–Trinajstić information content (AvgIpc) is 2.64. The highest BCUT2D eigenvalue weighted by Crippen LogP contribution is 2.21. The minimum atomic E-state index is -0.0606. The molecule has 4 heteroatoms. The van der Waals surface area contributed by atoms with Crippen molar-refractivity contribution in [3.05, 3.63) is 35.5 Å². The summed E-state index contributed by atoms with van der Waals surface area (Å²) in [6.07, 6.45) is 0. The van der Waals surface area contributed by atoms with E-state index < -0.39 is 0 Å². The van der Waals surface area contributed by atoms with Crippen molar-refractivity contribution in [2.24, 2.45) is 0 Å². The highest BCUT2D eigenvalue weighted by atomic mass is 16.5. The summed E-state index contributed by atoms with van der Waals surface area (Å²) in [5.74, 6) is -0.0606. The van der Waals surface area contributed by atoms with Gasteiger partial charge in [0.05, 0.1) is 12.2 Å². The quantitative estimate of drug-likeness (QED) is 0.869. The van der Waals surface area contributed by atoms with Gasteiger partial charge in [0.2, 0.25) is 0 Å². The van der Waals surface area contributed by atoms with E-state index in [0.29, 0.717) is 12.2 Å². The summed E-state index contributed by atoms with van der Waals surface area (Å²) in [5, 5.41) is 3.89. The van der Waals surface area contributed by atoms with Crippen molar-refractivity contribution in [1.82, 2.24) is 10.3 Å². The minimum Gasteiger partial charge on any atom is -0.383 e. The Morgan fingerprint density at radius 1 is 1.44 bits per heavy atom. The Balaban J connectivity index is 2.30. The first-order chi connectivity index (χ1) is 8.63. The maximum atomic E-state index is 12.2. The van der Waals surface area contributed by atoms with Crippen LogP contribution in [0.15, 0.2) is 24.3 Å². The fourth-order valence-corrected chi connectivity index (χ4v) is 2.16. The molecule has 0 spiro atoms. The third-order valence-corrected chi connectivity index (χ3v) is 2.91. The lowest BCUT2D eigenvalue weighted by atomic mass is 10.1. The molecule has 2 N–H and O–H groups in total. The van der Waals surface area contributed by atoms with E-state index in [-0.39, 0.29) is 11.9 Å². The summed E-state index contributed by atoms with van der Waals surface area (Å²) in [6.45, 7) is 4.34. The van der Waals surface area contributed by atoms with E-state index in [4.69, 9.17) is 4.74 Å². The van der Waals surface area contributed by atoms with Crippen LogP contribution >= 0.6 is 0 Å². The normalized spacial score (nSPS) is 12.6. The number of hydrogen-bond donors (Lipinski definition) is 2. The van der Waals surface area contributed by atoms with E-state index in [1.807, 2.05) is 38.1 Å². The molecule has 1 aromatic carbocycles. The molecular weight excluding hydrogens is 228 g/mol. The third-order valence-electron chi connectivity index (χ3n) is 2.91. The van der Waals surface area contributed by atoms with Gasteiger partial charge in [-0.3, -0.25) is 4.79 Å². The number of carbonyl (C=O) groups is 1. The summed E-state index contributed by atoms with van der Waals surface area (Å²) in [6, 6.07) is 7.81. The molecule has 0 aliphatic heterocycles. The van der Waals surface area contributed by atoms with Gasteiger partial charge in [0.25, 0.3) is 5.91 Å². The Kier molecular flexibility index (Phi) is 3.67. The lowest BCUT2D eigenvalue weighted by Gasteiger charge is -2.12. The number of fused-ring (bicyclic) bond motifs is 1. The molecule has 4 nitrogen and oxygen atoms in total. The van der Waals surface area contributed by atoms with Crippen molar-refractivity contribution in [2.75, 3.05) is 13.7 Å². The summed E-state index contributed by atoms with van der Waals surface area (Å²) < 4.78 is 5.02. The van der Waals surface area contributed by atoms with Gasteiger partial charge in [0.1, 0.15) is 0 Å². The fraction of sp³-hybridized carbons (Fsp3) is 0.357. The summed E-state index contributed by atoms with van der Waals surface area (Å²) in [7, 11) is 1.62. The highest BCUT2D eigenvalue weighted by Gasteiger charge is 2.17. The van der Waals surface area contributed by atoms with Crippen molar-refractivity contribution in [3.63, 3.8) is 0 Å². The van der Waals surface area contributed by atoms with Crippen molar-refractivity contribution >= 4 is 16.8 Å². The number of aromatic nitrogens is 1. The zero-order valence-corrected chi connectivity index (χ0v) is 10.9. The number of aryl methyl sites for hydroxylation is 1. The monoisotopic (exact) mass is 246 g/mol. The van der Waals surface area contributed by atoms with Crippen molar-refractivity contribution in [3.8, 4) is 0 Å². The standard InChI is InChI=1S/C14H18N2O2/c1-9(8-18-3)15-14(17)13-10(2)16-12-7-5-4-6-11(12)13/h4-7,9,16H,8H2,1-3H3,(H,15,17)/t9-/m1/s1. The number of H-pyrrole nitrogens is 1. The number of carbonyl (C=O) groups excluding carboxylic acids is 1. The highest BCUT2D eigenvalue weighted by molar-refractivity contribution is 6.08. The Morgan fingerprint density at radius 2 is 2.17 bits per heavy atom. The number of aromatic amines is 1. The van der Waals surface area contributed by atoms with E-state index in [0.717, 1.165) is 16.6 Å². The smallest absolute Gasteiger partial charge is 0.254 e. The number of amides is 1. The van der Waals surface area contributed by atoms with E-state index in [1.165, 1.54) is 0 Å². The first-order valence-electron chi connectivity index (χ1n) is 6.00. The molecule has 0 aliphatic rings. The molecule has 2 aromatic rings. The number of para-hydroxylation sites is 1. The van der Waals surface area contributed by atoms with Crippen LogP contribution in [0.3, 0.4) is 0 Å². The molecule has 0 radical (unpaired) electrons. The van der Waals surface area contributed by atoms with Gasteiger partial charge < -0.3 is 15.0 Å². The fourth-order valence-electron chi connectivity index (χ4n) is 2.16. The number of ether oxygens (including phenoxy) is 1. The minimum absolute atomic E-state index is 0.00411. The van der Waals surface area contributed by atoms with Gasteiger partial charge in [-0.25, -0.2) is 0 Å². The van der Waals surface area contributed by atoms with Crippen LogP contribution in [-0.4, -0.2) is 30.6 Å². The van der Waals surface area contributed by atoms with Crippen molar-refractivity contribution in [2.45, 2.75) is 19.9 Å². The summed E-state index contributed by atoms with van der Waals surface area (Å²) in [5.41, 5.74) is 2.59. The molecule has 0 saturated heterocycles. The average molecular weight is 246 g/mol. The zero-order chi connectivity index (χ0) is 13.1. The first kappa shape index (κ1) is 12.6. The van der Waals surface area contributed by atoms with Gasteiger partial charge in [-0.2, -0.15) is 0 Å². The van der Waals surface area contributed by atoms with Gasteiger partial charge in [0.15, 0.2) is 0 Å². The number of nitrogens with one attached hydrogen (secondary N) is 2. The SMILES string of the molecule is COC[C@@H](C)NC(=O)c1c(C)[nH]c2ccccc12. The van der Waals surface area contributed by atoms with E-state index >= 15 is 0 Å². The predicted molar refractivity (Wildman–Crippen MR) is 71.8 cm³/mol. The molecule has 0 bridgehead atoms. The second kappa shape index (κ2) is 5.23. The van der Waals surface area contributed by atoms with Gasteiger partial charge >= 0.3 is 0 Å². The van der Waals surface area contributed by atoms with Crippen LogP contribution in [-0.2, 0) is 4.74 Å². The third kappa shape index (κ3) is 2.38. The Morgan fingerprint density at radius 3 is 2.89 bits per heavy atom. The van der Waals surface area contributed by atoms with E-state index in [1.54, 1.807) is 7.11 Å². The molecule has 1 atom stereocenters. The maximum absolute atomic E-state index is 12.2. The van der Waals surface area contributed by atoms with Crippen LogP contribution < -0.4 is 5.32 Å². The molecule has 0 unspecified atom stereocenters. The van der Waals surface area contributed by atoms with Crippen LogP contribution in [0.4, 0.5) is 0 Å². The van der Waals surface area contributed by atoms with Crippen LogP contribution in [0.1, 0.15) is 23.0 Å². The number of hydrogen-bond acceptors (Lipinski definition) is 2. The van der Waals surface area contributed by atoms with Crippen molar-refractivity contribution < 1.29 is 9.53 Å². The van der Waals surface area contributed by atoms with Gasteiger partial charge in [0, 0.05) is 29.7 Å². The molecule has 96 valence electrons. The summed E-state index contributed by atoms with van der Waals surface area (Å²) >= 11 is 0. The molecule has 0 saturated carbocycles. The molecule has 18 heavy (non-hydrogen) atoms. The zero-order valence-electron chi connectivity index (χ0n) is 10.9. The molecular formula is C14H18N2O2. The largest absolute Gasteiger partial charge is 0.383 e. The van der Waals surface area contributed by atoms with Gasteiger partial charge in [-0.15, -0.1) is 0 Å². The molecule has 0 aliphatic carbocycles. The lowest BCUT2D eigenvalue weighted by molar-refractivity contribution is 0.0906. The Labute approximate surface area is 106 Å². The predicted octanol–water partition coefficient (Wildman–Crippen LogP) is 2.24. The summed E-state index contributed by atoms with van der Waals surface area (Å²) in [4.78, 5) is 15.5. The van der Waals surface area contributed by atoms with Crippen LogP contribution in [0.2, 0.25) is 0 Å². The van der Waals surface area contributed by atoms with E-state index in [9.17, 15) is 4.79 Å². The molecule has 1 amide bonds. The second-order valence-electron chi connectivity index (χ2n) is 4.50. The molecule has 1 heterocycles. The number of rotatable bonds is 4. The molecule has 2 rings (SSSR count). The Bertz CT molecular complexity index is 560. The van der Waals surface area contributed by atoms with Crippen LogP contribution in [0.5, 0.6) is 0 Å². The molecule has 0 fully saturated rings.